The Labute approximate surface area is 203 Å². The highest BCUT2D eigenvalue weighted by Gasteiger charge is 2.22. The summed E-state index contributed by atoms with van der Waals surface area (Å²) < 4.78 is 1.86. The van der Waals surface area contributed by atoms with Crippen LogP contribution in [0.15, 0.2) is 78.3 Å². The number of benzene rings is 2. The number of amides is 2. The lowest BCUT2D eigenvalue weighted by molar-refractivity contribution is -0.131. The third-order valence-corrected chi connectivity index (χ3v) is 6.51. The SMILES string of the molecule is CC(=O)NC(CC(=O)N(C)Cc1cn(-c2ccccc2)nc1-c1cccs1)c1ccc(C)cc1. The number of para-hydroxylation sites is 1. The van der Waals surface area contributed by atoms with Crippen LogP contribution in [0.5, 0.6) is 0 Å². The molecule has 1 unspecified atom stereocenters. The van der Waals surface area contributed by atoms with Crippen molar-refractivity contribution in [2.75, 3.05) is 7.05 Å². The Balaban J connectivity index is 1.55. The van der Waals surface area contributed by atoms with Gasteiger partial charge >= 0.3 is 0 Å². The summed E-state index contributed by atoms with van der Waals surface area (Å²) in [5.41, 5.74) is 4.85. The zero-order valence-electron chi connectivity index (χ0n) is 19.6. The fourth-order valence-electron chi connectivity index (χ4n) is 3.83. The number of nitrogens with one attached hydrogen (secondary N) is 1. The van der Waals surface area contributed by atoms with Crippen LogP contribution in [-0.2, 0) is 16.1 Å². The Morgan fingerprint density at radius 1 is 1.06 bits per heavy atom. The molecule has 1 atom stereocenters. The summed E-state index contributed by atoms with van der Waals surface area (Å²) >= 11 is 1.62. The molecule has 1 N–H and O–H groups in total. The van der Waals surface area contributed by atoms with Crippen molar-refractivity contribution in [1.29, 1.82) is 0 Å². The van der Waals surface area contributed by atoms with Crippen LogP contribution in [0.4, 0.5) is 0 Å². The number of hydrogen-bond acceptors (Lipinski definition) is 4. The highest BCUT2D eigenvalue weighted by atomic mass is 32.1. The van der Waals surface area contributed by atoms with Crippen LogP contribution < -0.4 is 5.32 Å². The van der Waals surface area contributed by atoms with Gasteiger partial charge in [0.15, 0.2) is 0 Å². The molecule has 0 radical (unpaired) electrons. The molecule has 2 aromatic carbocycles. The third-order valence-electron chi connectivity index (χ3n) is 5.63. The highest BCUT2D eigenvalue weighted by molar-refractivity contribution is 7.13. The van der Waals surface area contributed by atoms with E-state index in [-0.39, 0.29) is 24.3 Å². The average Bonchev–Trinajstić information content (AvgIpc) is 3.49. The normalized spacial score (nSPS) is 11.7. The number of hydrogen-bond donors (Lipinski definition) is 1. The topological polar surface area (TPSA) is 67.2 Å². The van der Waals surface area contributed by atoms with E-state index in [4.69, 9.17) is 5.10 Å². The van der Waals surface area contributed by atoms with E-state index in [0.29, 0.717) is 6.54 Å². The van der Waals surface area contributed by atoms with Crippen molar-refractivity contribution in [2.45, 2.75) is 32.9 Å². The molecule has 0 aliphatic heterocycles. The molecule has 2 heterocycles. The molecule has 7 heteroatoms. The average molecular weight is 473 g/mol. The number of thiophene rings is 1. The van der Waals surface area contributed by atoms with Gasteiger partial charge in [-0.15, -0.1) is 11.3 Å². The fraction of sp³-hybridized carbons (Fsp3) is 0.222. The molecule has 4 rings (SSSR count). The molecule has 0 fully saturated rings. The van der Waals surface area contributed by atoms with Crippen LogP contribution in [0, 0.1) is 6.92 Å². The second-order valence-electron chi connectivity index (χ2n) is 8.38. The van der Waals surface area contributed by atoms with Crippen LogP contribution in [0.1, 0.15) is 36.1 Å². The molecule has 34 heavy (non-hydrogen) atoms. The Hall–Kier alpha value is -3.71. The summed E-state index contributed by atoms with van der Waals surface area (Å²) in [6.07, 6.45) is 2.17. The predicted octanol–water partition coefficient (Wildman–Crippen LogP) is 5.14. The van der Waals surface area contributed by atoms with Crippen LogP contribution in [0.3, 0.4) is 0 Å². The lowest BCUT2D eigenvalue weighted by atomic mass is 10.0. The summed E-state index contributed by atoms with van der Waals surface area (Å²) in [5, 5.41) is 9.77. The van der Waals surface area contributed by atoms with Gasteiger partial charge in [0.1, 0.15) is 5.69 Å². The van der Waals surface area contributed by atoms with Crippen LogP contribution in [0.2, 0.25) is 0 Å². The van der Waals surface area contributed by atoms with Gasteiger partial charge in [-0.3, -0.25) is 9.59 Å². The van der Waals surface area contributed by atoms with Crippen molar-refractivity contribution < 1.29 is 9.59 Å². The van der Waals surface area contributed by atoms with Gasteiger partial charge < -0.3 is 10.2 Å². The van der Waals surface area contributed by atoms with Crippen LogP contribution >= 0.6 is 11.3 Å². The zero-order chi connectivity index (χ0) is 24.1. The molecular formula is C27H28N4O2S. The molecule has 0 aliphatic rings. The standard InChI is InChI=1S/C27H28N4O2S/c1-19-11-13-21(14-12-19)24(28-20(2)32)16-26(33)30(3)17-22-18-31(23-8-5-4-6-9-23)29-27(22)25-10-7-15-34-25/h4-15,18,24H,16-17H2,1-3H3,(H,28,32). The molecule has 174 valence electrons. The maximum atomic E-state index is 13.2. The summed E-state index contributed by atoms with van der Waals surface area (Å²) in [5.74, 6) is -0.214. The van der Waals surface area contributed by atoms with Gasteiger partial charge in [-0.25, -0.2) is 4.68 Å². The lowest BCUT2D eigenvalue weighted by Crippen LogP contribution is -2.33. The minimum Gasteiger partial charge on any atom is -0.349 e. The van der Waals surface area contributed by atoms with Crippen LogP contribution in [0.25, 0.3) is 16.3 Å². The maximum absolute atomic E-state index is 13.2. The Morgan fingerprint density at radius 2 is 1.79 bits per heavy atom. The van der Waals surface area contributed by atoms with Crippen molar-refractivity contribution in [3.05, 3.63) is 95.0 Å². The van der Waals surface area contributed by atoms with E-state index >= 15 is 0 Å². The maximum Gasteiger partial charge on any atom is 0.225 e. The molecule has 6 nitrogen and oxygen atoms in total. The number of rotatable bonds is 8. The monoisotopic (exact) mass is 472 g/mol. The van der Waals surface area contributed by atoms with Crippen molar-refractivity contribution in [2.24, 2.45) is 0 Å². The molecule has 0 bridgehead atoms. The number of carbonyl (C=O) groups excluding carboxylic acids is 2. The highest BCUT2D eigenvalue weighted by Crippen LogP contribution is 2.29. The van der Waals surface area contributed by atoms with Crippen LogP contribution in [-0.4, -0.2) is 33.5 Å². The minimum atomic E-state index is -0.378. The molecule has 0 saturated carbocycles. The van der Waals surface area contributed by atoms with Gasteiger partial charge in [-0.2, -0.15) is 5.10 Å². The molecule has 2 aromatic heterocycles. The first-order valence-corrected chi connectivity index (χ1v) is 12.0. The van der Waals surface area contributed by atoms with Crippen molar-refractivity contribution in [1.82, 2.24) is 20.0 Å². The largest absolute Gasteiger partial charge is 0.349 e. The van der Waals surface area contributed by atoms with E-state index in [9.17, 15) is 9.59 Å². The second-order valence-corrected chi connectivity index (χ2v) is 9.33. The summed E-state index contributed by atoms with van der Waals surface area (Å²) in [6.45, 7) is 3.90. The van der Waals surface area contributed by atoms with Gasteiger partial charge in [-0.05, 0) is 36.1 Å². The van der Waals surface area contributed by atoms with E-state index in [1.165, 1.54) is 6.92 Å². The summed E-state index contributed by atoms with van der Waals surface area (Å²) in [6, 6.07) is 21.5. The lowest BCUT2D eigenvalue weighted by Gasteiger charge is -2.22. The number of nitrogens with zero attached hydrogens (tertiary/aromatic N) is 3. The summed E-state index contributed by atoms with van der Waals surface area (Å²) in [4.78, 5) is 27.8. The molecule has 0 saturated heterocycles. The molecule has 4 aromatic rings. The Morgan fingerprint density at radius 3 is 2.44 bits per heavy atom. The predicted molar refractivity (Wildman–Crippen MR) is 136 cm³/mol. The van der Waals surface area contributed by atoms with Gasteiger partial charge in [0.05, 0.1) is 23.0 Å². The second kappa shape index (κ2) is 10.5. The molecule has 0 spiro atoms. The van der Waals surface area contributed by atoms with Gasteiger partial charge in [0.25, 0.3) is 0 Å². The van der Waals surface area contributed by atoms with Crippen molar-refractivity contribution in [3.63, 3.8) is 0 Å². The smallest absolute Gasteiger partial charge is 0.225 e. The van der Waals surface area contributed by atoms with E-state index < -0.39 is 0 Å². The minimum absolute atomic E-state index is 0.0519. The van der Waals surface area contributed by atoms with Gasteiger partial charge in [-0.1, -0.05) is 54.1 Å². The first-order chi connectivity index (χ1) is 16.4. The van der Waals surface area contributed by atoms with Gasteiger partial charge in [0, 0.05) is 32.3 Å². The summed E-state index contributed by atoms with van der Waals surface area (Å²) in [7, 11) is 1.79. The van der Waals surface area contributed by atoms with Crippen molar-refractivity contribution in [3.8, 4) is 16.3 Å². The third kappa shape index (κ3) is 5.61. The number of aryl methyl sites for hydroxylation is 1. The molecule has 0 aliphatic carbocycles. The quantitative estimate of drug-likeness (QED) is 0.386. The Bertz CT molecular complexity index is 1250. The molecular weight excluding hydrogens is 444 g/mol. The zero-order valence-corrected chi connectivity index (χ0v) is 20.4. The number of carbonyl (C=O) groups is 2. The Kier molecular flexibility index (Phi) is 7.23. The molecule has 2 amide bonds. The first kappa shape index (κ1) is 23.4. The van der Waals surface area contributed by atoms with E-state index in [1.807, 2.05) is 89.9 Å². The van der Waals surface area contributed by atoms with Crippen molar-refractivity contribution >= 4 is 23.2 Å². The van der Waals surface area contributed by atoms with Gasteiger partial charge in [0.2, 0.25) is 11.8 Å². The van der Waals surface area contributed by atoms with E-state index in [0.717, 1.165) is 32.9 Å². The van der Waals surface area contributed by atoms with E-state index in [1.54, 1.807) is 23.3 Å². The first-order valence-electron chi connectivity index (χ1n) is 11.2. The fourth-order valence-corrected chi connectivity index (χ4v) is 4.57. The van der Waals surface area contributed by atoms with E-state index in [2.05, 4.69) is 5.32 Å². The number of aromatic nitrogens is 2.